The van der Waals surface area contributed by atoms with Crippen LogP contribution in [0, 0.1) is 11.6 Å². The standard InChI is InChI=1S/C21H18F5NO4/c1-2-15-13(8-11-5-6-12(22)9-14(11)23)19(31-20(24)25)18-16(27-15)4-3-7-21(18,26)30-10-17(28)29/h3-7,9,20,27H,2,8,10H2,1H3,(H,28,29). The first-order valence-electron chi connectivity index (χ1n) is 9.22. The van der Waals surface area contributed by atoms with Crippen molar-refractivity contribution < 1.29 is 41.3 Å². The normalized spacial score (nSPS) is 20.5. The number of fused-ring (bicyclic) bond motifs is 1. The van der Waals surface area contributed by atoms with Crippen molar-refractivity contribution in [3.63, 3.8) is 0 Å². The third kappa shape index (κ3) is 4.79. The summed E-state index contributed by atoms with van der Waals surface area (Å²) in [5.41, 5.74) is -0.130. The van der Waals surface area contributed by atoms with Crippen molar-refractivity contribution in [2.24, 2.45) is 0 Å². The Hall–Kier alpha value is -3.14. The minimum atomic E-state index is -3.36. The number of halogens is 5. The lowest BCUT2D eigenvalue weighted by Crippen LogP contribution is -2.39. The number of benzene rings is 1. The molecule has 1 unspecified atom stereocenters. The molecule has 31 heavy (non-hydrogen) atoms. The highest BCUT2D eigenvalue weighted by atomic mass is 19.3. The molecule has 5 nitrogen and oxygen atoms in total. The van der Waals surface area contributed by atoms with E-state index in [1.807, 2.05) is 0 Å². The molecule has 1 aliphatic carbocycles. The first-order valence-corrected chi connectivity index (χ1v) is 9.22. The Labute approximate surface area is 174 Å². The number of aliphatic carboxylic acids is 1. The van der Waals surface area contributed by atoms with Gasteiger partial charge in [0.2, 0.25) is 0 Å². The summed E-state index contributed by atoms with van der Waals surface area (Å²) >= 11 is 0. The van der Waals surface area contributed by atoms with Gasteiger partial charge in [-0.2, -0.15) is 8.78 Å². The smallest absolute Gasteiger partial charge is 0.387 e. The number of dihydropyridines is 1. The number of ether oxygens (including phenoxy) is 2. The molecular formula is C21H18F5NO4. The molecule has 166 valence electrons. The lowest BCUT2D eigenvalue weighted by molar-refractivity contribution is -0.154. The van der Waals surface area contributed by atoms with E-state index in [2.05, 4.69) is 10.1 Å². The summed E-state index contributed by atoms with van der Waals surface area (Å²) in [6.45, 7) is -2.72. The molecule has 1 aromatic carbocycles. The average molecular weight is 443 g/mol. The van der Waals surface area contributed by atoms with E-state index in [1.165, 1.54) is 12.2 Å². The molecule has 1 heterocycles. The highest BCUT2D eigenvalue weighted by Gasteiger charge is 2.44. The lowest BCUT2D eigenvalue weighted by Gasteiger charge is -2.36. The predicted molar refractivity (Wildman–Crippen MR) is 99.3 cm³/mol. The van der Waals surface area contributed by atoms with Crippen LogP contribution >= 0.6 is 0 Å². The average Bonchev–Trinajstić information content (AvgIpc) is 2.69. The molecule has 10 heteroatoms. The number of allylic oxidation sites excluding steroid dienone is 4. The maximum Gasteiger partial charge on any atom is 0.387 e. The van der Waals surface area contributed by atoms with Crippen LogP contribution in [0.25, 0.3) is 0 Å². The fourth-order valence-corrected chi connectivity index (χ4v) is 3.38. The van der Waals surface area contributed by atoms with Gasteiger partial charge in [-0.1, -0.05) is 19.1 Å². The quantitative estimate of drug-likeness (QED) is 0.580. The van der Waals surface area contributed by atoms with E-state index in [0.717, 1.165) is 18.2 Å². The summed E-state index contributed by atoms with van der Waals surface area (Å²) in [4.78, 5) is 10.9. The van der Waals surface area contributed by atoms with Crippen molar-refractivity contribution in [2.75, 3.05) is 6.61 Å². The Balaban J connectivity index is 2.16. The zero-order valence-corrected chi connectivity index (χ0v) is 16.2. The Kier molecular flexibility index (Phi) is 6.49. The summed E-state index contributed by atoms with van der Waals surface area (Å²) in [5.74, 6) is -6.70. The molecular weight excluding hydrogens is 425 g/mol. The van der Waals surface area contributed by atoms with Gasteiger partial charge in [-0.15, -0.1) is 0 Å². The van der Waals surface area contributed by atoms with E-state index < -0.39 is 48.0 Å². The number of hydrogen-bond acceptors (Lipinski definition) is 4. The molecule has 0 fully saturated rings. The minimum absolute atomic E-state index is 0.0108. The number of hydrogen-bond donors (Lipinski definition) is 2. The van der Waals surface area contributed by atoms with Crippen molar-refractivity contribution >= 4 is 5.97 Å². The highest BCUT2D eigenvalue weighted by Crippen LogP contribution is 2.43. The van der Waals surface area contributed by atoms with Crippen LogP contribution in [0.5, 0.6) is 0 Å². The van der Waals surface area contributed by atoms with Gasteiger partial charge in [0.05, 0.1) is 11.3 Å². The van der Waals surface area contributed by atoms with Gasteiger partial charge in [-0.05, 0) is 30.2 Å². The number of carbonyl (C=O) groups is 1. The van der Waals surface area contributed by atoms with Crippen LogP contribution in [0.15, 0.2) is 64.7 Å². The van der Waals surface area contributed by atoms with Crippen LogP contribution in [0.3, 0.4) is 0 Å². The van der Waals surface area contributed by atoms with Gasteiger partial charge in [-0.25, -0.2) is 18.0 Å². The van der Waals surface area contributed by atoms with Gasteiger partial charge in [0.15, 0.2) is 0 Å². The van der Waals surface area contributed by atoms with E-state index >= 15 is 4.39 Å². The Morgan fingerprint density at radius 1 is 1.29 bits per heavy atom. The molecule has 0 saturated heterocycles. The van der Waals surface area contributed by atoms with Gasteiger partial charge < -0.3 is 19.9 Å². The summed E-state index contributed by atoms with van der Waals surface area (Å²) in [5, 5.41) is 11.7. The third-order valence-electron chi connectivity index (χ3n) is 4.68. The fourth-order valence-electron chi connectivity index (χ4n) is 3.38. The maximum absolute atomic E-state index is 15.7. The molecule has 3 rings (SSSR count). The molecule has 0 radical (unpaired) electrons. The van der Waals surface area contributed by atoms with E-state index in [0.29, 0.717) is 11.8 Å². The molecule has 0 aromatic heterocycles. The minimum Gasteiger partial charge on any atom is -0.480 e. The van der Waals surface area contributed by atoms with Crippen molar-refractivity contribution in [3.8, 4) is 0 Å². The predicted octanol–water partition coefficient (Wildman–Crippen LogP) is 4.49. The van der Waals surface area contributed by atoms with Crippen molar-refractivity contribution in [3.05, 3.63) is 81.9 Å². The van der Waals surface area contributed by atoms with E-state index in [-0.39, 0.29) is 29.7 Å². The zero-order chi connectivity index (χ0) is 22.8. The van der Waals surface area contributed by atoms with Gasteiger partial charge in [0.25, 0.3) is 5.85 Å². The topological polar surface area (TPSA) is 67.8 Å². The van der Waals surface area contributed by atoms with E-state index in [9.17, 15) is 22.4 Å². The molecule has 1 aliphatic heterocycles. The second-order valence-electron chi connectivity index (χ2n) is 6.70. The monoisotopic (exact) mass is 443 g/mol. The number of rotatable bonds is 8. The third-order valence-corrected chi connectivity index (χ3v) is 4.68. The van der Waals surface area contributed by atoms with Crippen LogP contribution in [0.2, 0.25) is 0 Å². The number of carboxylic acids is 1. The second-order valence-corrected chi connectivity index (χ2v) is 6.70. The second kappa shape index (κ2) is 8.93. The molecule has 0 spiro atoms. The van der Waals surface area contributed by atoms with Gasteiger partial charge in [0.1, 0.15) is 24.0 Å². The molecule has 0 amide bonds. The molecule has 1 aromatic rings. The molecule has 2 N–H and O–H groups in total. The summed E-state index contributed by atoms with van der Waals surface area (Å²) in [7, 11) is 0. The molecule has 0 bridgehead atoms. The molecule has 1 atom stereocenters. The van der Waals surface area contributed by atoms with Crippen molar-refractivity contribution in [1.29, 1.82) is 0 Å². The summed E-state index contributed by atoms with van der Waals surface area (Å²) in [6.07, 6.45) is 3.43. The van der Waals surface area contributed by atoms with Crippen molar-refractivity contribution in [2.45, 2.75) is 32.2 Å². The SMILES string of the molecule is CCC1=C(Cc2ccc(F)cc2F)C(OC(F)F)=C2C(=CC=CC2(F)OCC(=O)O)N1. The zero-order valence-electron chi connectivity index (χ0n) is 16.2. The first kappa shape index (κ1) is 22.5. The van der Waals surface area contributed by atoms with Crippen LogP contribution in [-0.4, -0.2) is 30.1 Å². The largest absolute Gasteiger partial charge is 0.480 e. The van der Waals surface area contributed by atoms with Crippen LogP contribution in [0.4, 0.5) is 22.0 Å². The van der Waals surface area contributed by atoms with Crippen LogP contribution in [-0.2, 0) is 20.7 Å². The van der Waals surface area contributed by atoms with Crippen molar-refractivity contribution in [1.82, 2.24) is 5.32 Å². The molecule has 0 saturated carbocycles. The summed E-state index contributed by atoms with van der Waals surface area (Å²) in [6, 6.07) is 2.79. The number of alkyl halides is 3. The lowest BCUT2D eigenvalue weighted by atomic mass is 9.87. The fraction of sp³-hybridized carbons (Fsp3) is 0.286. The Morgan fingerprint density at radius 3 is 2.65 bits per heavy atom. The van der Waals surface area contributed by atoms with Gasteiger partial charge >= 0.3 is 12.6 Å². The highest BCUT2D eigenvalue weighted by molar-refractivity contribution is 5.68. The van der Waals surface area contributed by atoms with Gasteiger partial charge in [0, 0.05) is 23.8 Å². The van der Waals surface area contributed by atoms with E-state index in [4.69, 9.17) is 9.84 Å². The van der Waals surface area contributed by atoms with Gasteiger partial charge in [-0.3, -0.25) is 0 Å². The van der Waals surface area contributed by atoms with E-state index in [1.54, 1.807) is 6.92 Å². The summed E-state index contributed by atoms with van der Waals surface area (Å²) < 4.78 is 79.3. The first-order chi connectivity index (χ1) is 14.6. The molecule has 2 aliphatic rings. The maximum atomic E-state index is 15.7. The van der Waals surface area contributed by atoms with Crippen LogP contribution < -0.4 is 5.32 Å². The Morgan fingerprint density at radius 2 is 2.03 bits per heavy atom. The Bertz CT molecular complexity index is 1020. The number of carboxylic acid groups (broad SMARTS) is 1. The number of nitrogens with one attached hydrogen (secondary N) is 1. The van der Waals surface area contributed by atoms with Crippen LogP contribution in [0.1, 0.15) is 18.9 Å².